The molecule has 3 N–H and O–H groups in total. The van der Waals surface area contributed by atoms with Gasteiger partial charge in [-0.05, 0) is 51.4 Å². The topological polar surface area (TPSA) is 78.8 Å². The second kappa shape index (κ2) is 4.70. The Labute approximate surface area is 108 Å². The average molecular weight is 257 g/mol. The summed E-state index contributed by atoms with van der Waals surface area (Å²) in [4.78, 5) is 11.5. The van der Waals surface area contributed by atoms with Crippen molar-refractivity contribution in [2.24, 2.45) is 17.8 Å². The van der Waals surface area contributed by atoms with Crippen LogP contribution in [0.1, 0.15) is 33.6 Å². The Balaban J connectivity index is 1.78. The maximum absolute atomic E-state index is 11.5. The lowest BCUT2D eigenvalue weighted by atomic mass is 9.85. The molecule has 1 amide bonds. The van der Waals surface area contributed by atoms with Gasteiger partial charge in [-0.15, -0.1) is 0 Å². The first-order chi connectivity index (χ1) is 8.28. The molecule has 0 aliphatic heterocycles. The Morgan fingerprint density at radius 2 is 1.94 bits per heavy atom. The quantitative estimate of drug-likeness (QED) is 0.686. The predicted octanol–water partition coefficient (Wildman–Crippen LogP) is 0.889. The van der Waals surface area contributed by atoms with E-state index < -0.39 is 23.9 Å². The number of alkyl carbamates (subject to hydrolysis) is 1. The molecule has 2 aliphatic rings. The van der Waals surface area contributed by atoms with E-state index in [0.717, 1.165) is 12.8 Å². The van der Waals surface area contributed by atoms with Crippen molar-refractivity contribution in [3.05, 3.63) is 0 Å². The Morgan fingerprint density at radius 1 is 1.28 bits per heavy atom. The Morgan fingerprint density at radius 3 is 2.44 bits per heavy atom. The van der Waals surface area contributed by atoms with E-state index in [4.69, 9.17) is 4.74 Å². The van der Waals surface area contributed by atoms with Gasteiger partial charge in [-0.1, -0.05) is 0 Å². The first kappa shape index (κ1) is 13.6. The van der Waals surface area contributed by atoms with Gasteiger partial charge in [-0.3, -0.25) is 0 Å². The lowest BCUT2D eigenvalue weighted by Crippen LogP contribution is -2.42. The fraction of sp³-hybridized carbons (Fsp3) is 0.923. The third-order valence-corrected chi connectivity index (χ3v) is 3.96. The molecule has 18 heavy (non-hydrogen) atoms. The highest BCUT2D eigenvalue weighted by molar-refractivity contribution is 5.67. The minimum absolute atomic E-state index is 0.111. The van der Waals surface area contributed by atoms with E-state index in [1.54, 1.807) is 0 Å². The van der Waals surface area contributed by atoms with Crippen LogP contribution in [0, 0.1) is 17.8 Å². The average Bonchev–Trinajstić information content (AvgIpc) is 2.75. The minimum atomic E-state index is -0.630. The lowest BCUT2D eigenvalue weighted by Gasteiger charge is -2.30. The zero-order valence-corrected chi connectivity index (χ0v) is 11.2. The number of carbonyl (C=O) groups is 1. The molecule has 2 saturated carbocycles. The molecule has 5 atom stereocenters. The minimum Gasteiger partial charge on any atom is -0.444 e. The number of amides is 1. The molecule has 0 saturated heterocycles. The monoisotopic (exact) mass is 257 g/mol. The summed E-state index contributed by atoms with van der Waals surface area (Å²) in [6, 6.07) is 0. The maximum Gasteiger partial charge on any atom is 0.407 e. The van der Waals surface area contributed by atoms with Crippen molar-refractivity contribution in [1.29, 1.82) is 0 Å². The van der Waals surface area contributed by atoms with Crippen LogP contribution in [0.15, 0.2) is 0 Å². The highest BCUT2D eigenvalue weighted by Gasteiger charge is 2.51. The summed E-state index contributed by atoms with van der Waals surface area (Å²) in [5, 5.41) is 22.2. The normalized spacial score (nSPS) is 38.8. The van der Waals surface area contributed by atoms with Gasteiger partial charge < -0.3 is 20.3 Å². The zero-order valence-electron chi connectivity index (χ0n) is 11.2. The van der Waals surface area contributed by atoms with Crippen LogP contribution in [0.5, 0.6) is 0 Å². The summed E-state index contributed by atoms with van der Waals surface area (Å²) in [6.45, 7) is 5.98. The van der Waals surface area contributed by atoms with Gasteiger partial charge in [-0.25, -0.2) is 4.79 Å². The van der Waals surface area contributed by atoms with E-state index in [1.165, 1.54) is 0 Å². The van der Waals surface area contributed by atoms with Crippen molar-refractivity contribution in [1.82, 2.24) is 5.32 Å². The number of carbonyl (C=O) groups excluding carboxylic acids is 1. The van der Waals surface area contributed by atoms with E-state index in [0.29, 0.717) is 6.54 Å². The van der Waals surface area contributed by atoms with Crippen molar-refractivity contribution >= 4 is 6.09 Å². The van der Waals surface area contributed by atoms with Crippen LogP contribution in [0.4, 0.5) is 4.79 Å². The van der Waals surface area contributed by atoms with Crippen LogP contribution >= 0.6 is 0 Å². The number of ether oxygens (including phenoxy) is 1. The summed E-state index contributed by atoms with van der Waals surface area (Å²) in [6.07, 6.45) is 0.115. The van der Waals surface area contributed by atoms with Gasteiger partial charge in [-0.2, -0.15) is 0 Å². The van der Waals surface area contributed by atoms with E-state index in [2.05, 4.69) is 5.32 Å². The first-order valence-electron chi connectivity index (χ1n) is 6.61. The number of hydrogen-bond donors (Lipinski definition) is 3. The van der Waals surface area contributed by atoms with Crippen molar-refractivity contribution in [2.45, 2.75) is 51.4 Å². The molecule has 0 spiro atoms. The predicted molar refractivity (Wildman–Crippen MR) is 66.0 cm³/mol. The van der Waals surface area contributed by atoms with E-state index >= 15 is 0 Å². The van der Waals surface area contributed by atoms with Crippen LogP contribution in [0.2, 0.25) is 0 Å². The van der Waals surface area contributed by atoms with Crippen LogP contribution in [-0.4, -0.2) is 40.7 Å². The van der Waals surface area contributed by atoms with Crippen molar-refractivity contribution < 1.29 is 19.7 Å². The smallest absolute Gasteiger partial charge is 0.407 e. The number of aliphatic hydroxyl groups excluding tert-OH is 2. The molecule has 5 heteroatoms. The maximum atomic E-state index is 11.5. The number of fused-ring (bicyclic) bond motifs is 2. The Hall–Kier alpha value is -0.810. The van der Waals surface area contributed by atoms with E-state index in [1.807, 2.05) is 20.8 Å². The molecule has 2 aliphatic carbocycles. The summed E-state index contributed by atoms with van der Waals surface area (Å²) >= 11 is 0. The molecule has 2 bridgehead atoms. The molecule has 0 aromatic carbocycles. The highest BCUT2D eigenvalue weighted by Crippen LogP contribution is 2.48. The van der Waals surface area contributed by atoms with Gasteiger partial charge in [0.2, 0.25) is 0 Å². The second-order valence-corrected chi connectivity index (χ2v) is 6.52. The third kappa shape index (κ3) is 2.78. The van der Waals surface area contributed by atoms with Gasteiger partial charge in [0.15, 0.2) is 0 Å². The van der Waals surface area contributed by atoms with Gasteiger partial charge in [0.05, 0.1) is 12.2 Å². The fourth-order valence-corrected chi connectivity index (χ4v) is 3.19. The number of rotatable bonds is 2. The van der Waals surface area contributed by atoms with Crippen LogP contribution in [-0.2, 0) is 4.74 Å². The molecule has 0 aromatic heterocycles. The molecule has 104 valence electrons. The summed E-state index contributed by atoms with van der Waals surface area (Å²) < 4.78 is 5.16. The van der Waals surface area contributed by atoms with E-state index in [9.17, 15) is 15.0 Å². The molecular formula is C13H23NO4. The number of aliphatic hydroxyl groups is 2. The van der Waals surface area contributed by atoms with Crippen LogP contribution in [0.25, 0.3) is 0 Å². The summed E-state index contributed by atoms with van der Waals surface area (Å²) in [7, 11) is 0. The van der Waals surface area contributed by atoms with Crippen molar-refractivity contribution in [3.63, 3.8) is 0 Å². The van der Waals surface area contributed by atoms with Crippen molar-refractivity contribution in [3.8, 4) is 0 Å². The van der Waals surface area contributed by atoms with Gasteiger partial charge in [0, 0.05) is 6.54 Å². The molecule has 0 radical (unpaired) electrons. The van der Waals surface area contributed by atoms with Crippen LogP contribution in [0.3, 0.4) is 0 Å². The number of nitrogens with one attached hydrogen (secondary N) is 1. The zero-order chi connectivity index (χ0) is 13.5. The lowest BCUT2D eigenvalue weighted by molar-refractivity contribution is -0.0338. The van der Waals surface area contributed by atoms with Crippen molar-refractivity contribution in [2.75, 3.05) is 6.54 Å². The van der Waals surface area contributed by atoms with Crippen LogP contribution < -0.4 is 5.32 Å². The summed E-state index contributed by atoms with van der Waals surface area (Å²) in [5.41, 5.74) is -0.492. The molecule has 5 nitrogen and oxygen atoms in total. The fourth-order valence-electron chi connectivity index (χ4n) is 3.19. The highest BCUT2D eigenvalue weighted by atomic mass is 16.6. The first-order valence-corrected chi connectivity index (χ1v) is 6.61. The Bertz CT molecular complexity index is 323. The molecule has 2 fully saturated rings. The Kier molecular flexibility index (Phi) is 3.56. The van der Waals surface area contributed by atoms with Gasteiger partial charge in [0.25, 0.3) is 0 Å². The molecule has 0 aromatic rings. The largest absolute Gasteiger partial charge is 0.444 e. The third-order valence-electron chi connectivity index (χ3n) is 3.96. The SMILES string of the molecule is CC(C)(C)OC(=O)NCC1CC2CC1C(O)C2O. The number of hydrogen-bond acceptors (Lipinski definition) is 4. The van der Waals surface area contributed by atoms with E-state index in [-0.39, 0.29) is 17.8 Å². The van der Waals surface area contributed by atoms with Gasteiger partial charge in [0.1, 0.15) is 5.60 Å². The van der Waals surface area contributed by atoms with Gasteiger partial charge >= 0.3 is 6.09 Å². The molecular weight excluding hydrogens is 234 g/mol. The molecule has 2 rings (SSSR count). The second-order valence-electron chi connectivity index (χ2n) is 6.52. The standard InChI is InChI=1S/C13H23NO4/c1-13(2,3)18-12(17)14-6-8-4-7-5-9(8)11(16)10(7)15/h7-11,15-16H,4-6H2,1-3H3,(H,14,17). The molecule has 5 unspecified atom stereocenters. The molecule has 0 heterocycles. The summed E-state index contributed by atoms with van der Waals surface area (Å²) in [5.74, 6) is 0.552.